The summed E-state index contributed by atoms with van der Waals surface area (Å²) in [7, 11) is 3.99. The highest BCUT2D eigenvalue weighted by molar-refractivity contribution is 5.62. The number of hydrogen-bond donors (Lipinski definition) is 1. The average molecular weight is 392 g/mol. The van der Waals surface area contributed by atoms with Crippen molar-refractivity contribution in [3.05, 3.63) is 59.2 Å². The number of likely N-dealkylation sites (N-methyl/N-ethyl adjacent to an activating group) is 1. The van der Waals surface area contributed by atoms with Gasteiger partial charge in [-0.1, -0.05) is 18.2 Å². The maximum Gasteiger partial charge on any atom is 0.416 e. The summed E-state index contributed by atoms with van der Waals surface area (Å²) in [5.74, 6) is 0.821. The summed E-state index contributed by atoms with van der Waals surface area (Å²) in [6, 6.07) is 11.5. The van der Waals surface area contributed by atoms with Crippen molar-refractivity contribution in [2.75, 3.05) is 32.6 Å². The molecule has 0 saturated heterocycles. The highest BCUT2D eigenvalue weighted by Crippen LogP contribution is 2.44. The molecule has 0 aliphatic carbocycles. The molecule has 3 rings (SSSR count). The molecule has 2 aromatic rings. The van der Waals surface area contributed by atoms with Crippen LogP contribution in [0.1, 0.15) is 42.9 Å². The van der Waals surface area contributed by atoms with Crippen molar-refractivity contribution in [1.82, 2.24) is 4.90 Å². The quantitative estimate of drug-likeness (QED) is 0.740. The van der Waals surface area contributed by atoms with E-state index in [2.05, 4.69) is 24.1 Å². The normalized spacial score (nSPS) is 18.5. The van der Waals surface area contributed by atoms with E-state index in [0.29, 0.717) is 6.61 Å². The lowest BCUT2D eigenvalue weighted by Crippen LogP contribution is -2.37. The van der Waals surface area contributed by atoms with Gasteiger partial charge in [-0.2, -0.15) is 13.2 Å². The molecule has 152 valence electrons. The Morgan fingerprint density at radius 3 is 2.39 bits per heavy atom. The topological polar surface area (TPSA) is 24.5 Å². The molecule has 0 aromatic heterocycles. The third kappa shape index (κ3) is 4.79. The largest absolute Gasteiger partial charge is 0.492 e. The van der Waals surface area contributed by atoms with E-state index in [1.54, 1.807) is 12.1 Å². The minimum atomic E-state index is -4.32. The molecule has 0 amide bonds. The summed E-state index contributed by atoms with van der Waals surface area (Å²) >= 11 is 0. The maximum absolute atomic E-state index is 12.9. The van der Waals surface area contributed by atoms with Gasteiger partial charge in [0.05, 0.1) is 5.56 Å². The van der Waals surface area contributed by atoms with E-state index in [4.69, 9.17) is 4.74 Å². The Labute approximate surface area is 164 Å². The molecule has 6 heteroatoms. The first-order valence-electron chi connectivity index (χ1n) is 9.42. The van der Waals surface area contributed by atoms with E-state index in [9.17, 15) is 13.2 Å². The summed E-state index contributed by atoms with van der Waals surface area (Å²) < 4.78 is 44.5. The summed E-state index contributed by atoms with van der Waals surface area (Å²) in [6.07, 6.45) is -3.52. The summed E-state index contributed by atoms with van der Waals surface area (Å²) in [4.78, 5) is 2.06. The van der Waals surface area contributed by atoms with E-state index < -0.39 is 11.7 Å². The Morgan fingerprint density at radius 1 is 1.11 bits per heavy atom. The molecule has 0 fully saturated rings. The van der Waals surface area contributed by atoms with Gasteiger partial charge in [-0.25, -0.2) is 0 Å². The summed E-state index contributed by atoms with van der Waals surface area (Å²) in [5, 5.41) is 3.54. The Bertz CT molecular complexity index is 814. The molecular formula is C22H27F3N2O. The summed E-state index contributed by atoms with van der Waals surface area (Å²) in [6.45, 7) is 5.63. The van der Waals surface area contributed by atoms with Crippen LogP contribution in [0.25, 0.3) is 0 Å². The van der Waals surface area contributed by atoms with Crippen LogP contribution in [0.2, 0.25) is 0 Å². The van der Waals surface area contributed by atoms with Crippen LogP contribution in [0.3, 0.4) is 0 Å². The SMILES string of the molecule is CN(C)CCOc1ccc2c(c1)NC(C)(C)CC2c1ccc(C(F)(F)F)cc1. The molecule has 1 aliphatic rings. The molecule has 1 aliphatic heterocycles. The first-order chi connectivity index (χ1) is 13.0. The van der Waals surface area contributed by atoms with Crippen molar-refractivity contribution in [2.24, 2.45) is 0 Å². The van der Waals surface area contributed by atoms with E-state index in [0.717, 1.165) is 35.5 Å². The fourth-order valence-corrected chi connectivity index (χ4v) is 3.62. The number of benzene rings is 2. The molecule has 1 heterocycles. The molecule has 1 atom stereocenters. The zero-order chi connectivity index (χ0) is 20.5. The van der Waals surface area contributed by atoms with Crippen molar-refractivity contribution in [2.45, 2.75) is 37.9 Å². The predicted octanol–water partition coefficient (Wildman–Crippen LogP) is 5.37. The fraction of sp³-hybridized carbons (Fsp3) is 0.455. The molecule has 0 bridgehead atoms. The van der Waals surface area contributed by atoms with Gasteiger partial charge < -0.3 is 15.0 Å². The third-order valence-electron chi connectivity index (χ3n) is 5.04. The van der Waals surface area contributed by atoms with E-state index >= 15 is 0 Å². The molecule has 2 aromatic carbocycles. The molecule has 1 N–H and O–H groups in total. The van der Waals surface area contributed by atoms with Gasteiger partial charge in [0.2, 0.25) is 0 Å². The molecule has 0 radical (unpaired) electrons. The van der Waals surface area contributed by atoms with Crippen LogP contribution < -0.4 is 10.1 Å². The second-order valence-corrected chi connectivity index (χ2v) is 8.29. The Balaban J connectivity index is 1.88. The van der Waals surface area contributed by atoms with Crippen molar-refractivity contribution < 1.29 is 17.9 Å². The van der Waals surface area contributed by atoms with Gasteiger partial charge in [0.1, 0.15) is 12.4 Å². The number of halogens is 3. The molecular weight excluding hydrogens is 365 g/mol. The standard InChI is InChI=1S/C22H27F3N2O/c1-21(2)14-19(15-5-7-16(8-6-15)22(23,24)25)18-10-9-17(13-20(18)26-21)28-12-11-27(3)4/h5-10,13,19,26H,11-12,14H2,1-4H3. The number of alkyl halides is 3. The van der Waals surface area contributed by atoms with E-state index in [1.807, 2.05) is 32.3 Å². The number of ether oxygens (including phenoxy) is 1. The number of nitrogens with zero attached hydrogens (tertiary/aromatic N) is 1. The zero-order valence-electron chi connectivity index (χ0n) is 16.7. The lowest BCUT2D eigenvalue weighted by molar-refractivity contribution is -0.137. The van der Waals surface area contributed by atoms with Crippen molar-refractivity contribution >= 4 is 5.69 Å². The second kappa shape index (κ2) is 7.66. The lowest BCUT2D eigenvalue weighted by atomic mass is 9.77. The third-order valence-corrected chi connectivity index (χ3v) is 5.04. The molecule has 0 saturated carbocycles. The van der Waals surface area contributed by atoms with Crippen LogP contribution >= 0.6 is 0 Å². The number of hydrogen-bond acceptors (Lipinski definition) is 3. The second-order valence-electron chi connectivity index (χ2n) is 8.29. The summed E-state index contributed by atoms with van der Waals surface area (Å²) in [5.41, 5.74) is 2.16. The van der Waals surface area contributed by atoms with E-state index in [1.165, 1.54) is 12.1 Å². The average Bonchev–Trinajstić information content (AvgIpc) is 2.59. The molecule has 28 heavy (non-hydrogen) atoms. The maximum atomic E-state index is 12.9. The first-order valence-corrected chi connectivity index (χ1v) is 9.42. The molecule has 1 unspecified atom stereocenters. The van der Waals surface area contributed by atoms with Crippen LogP contribution in [0.15, 0.2) is 42.5 Å². The van der Waals surface area contributed by atoms with Gasteiger partial charge in [0.25, 0.3) is 0 Å². The Kier molecular flexibility index (Phi) is 5.62. The van der Waals surface area contributed by atoms with Crippen molar-refractivity contribution in [3.8, 4) is 5.75 Å². The molecule has 0 spiro atoms. The van der Waals surface area contributed by atoms with Gasteiger partial charge in [0.15, 0.2) is 0 Å². The highest BCUT2D eigenvalue weighted by atomic mass is 19.4. The Hall–Kier alpha value is -2.21. The first kappa shape index (κ1) is 20.5. The van der Waals surface area contributed by atoms with Gasteiger partial charge in [-0.15, -0.1) is 0 Å². The minimum Gasteiger partial charge on any atom is -0.492 e. The predicted molar refractivity (Wildman–Crippen MR) is 106 cm³/mol. The minimum absolute atomic E-state index is 0.0318. The van der Waals surface area contributed by atoms with Crippen LogP contribution in [0.4, 0.5) is 18.9 Å². The van der Waals surface area contributed by atoms with Crippen molar-refractivity contribution in [1.29, 1.82) is 0 Å². The molecule has 3 nitrogen and oxygen atoms in total. The van der Waals surface area contributed by atoms with Crippen LogP contribution in [-0.4, -0.2) is 37.7 Å². The van der Waals surface area contributed by atoms with Crippen LogP contribution in [0.5, 0.6) is 5.75 Å². The zero-order valence-corrected chi connectivity index (χ0v) is 16.7. The van der Waals surface area contributed by atoms with Gasteiger partial charge in [-0.05, 0) is 63.7 Å². The lowest BCUT2D eigenvalue weighted by Gasteiger charge is -2.39. The number of fused-ring (bicyclic) bond motifs is 1. The smallest absolute Gasteiger partial charge is 0.416 e. The van der Waals surface area contributed by atoms with Gasteiger partial charge in [-0.3, -0.25) is 0 Å². The van der Waals surface area contributed by atoms with Gasteiger partial charge in [0, 0.05) is 29.8 Å². The van der Waals surface area contributed by atoms with Crippen LogP contribution in [-0.2, 0) is 6.18 Å². The van der Waals surface area contributed by atoms with Crippen LogP contribution in [0, 0.1) is 0 Å². The fourth-order valence-electron chi connectivity index (χ4n) is 3.62. The van der Waals surface area contributed by atoms with E-state index in [-0.39, 0.29) is 11.5 Å². The number of anilines is 1. The highest BCUT2D eigenvalue weighted by Gasteiger charge is 2.34. The Morgan fingerprint density at radius 2 is 1.79 bits per heavy atom. The monoisotopic (exact) mass is 392 g/mol. The number of rotatable bonds is 5. The number of nitrogens with one attached hydrogen (secondary N) is 1. The van der Waals surface area contributed by atoms with Gasteiger partial charge >= 0.3 is 6.18 Å². The van der Waals surface area contributed by atoms with Crippen molar-refractivity contribution in [3.63, 3.8) is 0 Å².